The molecule has 3 amide bonds. The number of ether oxygens (including phenoxy) is 1. The summed E-state index contributed by atoms with van der Waals surface area (Å²) in [4.78, 5) is 37.9. The summed E-state index contributed by atoms with van der Waals surface area (Å²) >= 11 is 0. The predicted octanol–water partition coefficient (Wildman–Crippen LogP) is 3.93. The van der Waals surface area contributed by atoms with Crippen molar-refractivity contribution in [1.29, 1.82) is 0 Å². The number of benzene rings is 3. The van der Waals surface area contributed by atoms with Crippen molar-refractivity contribution in [3.63, 3.8) is 0 Å². The average Bonchev–Trinajstić information content (AvgIpc) is 3.34. The molecule has 0 radical (unpaired) electrons. The first-order valence-electron chi connectivity index (χ1n) is 11.8. The molecule has 4 rings (SSSR count). The molecule has 0 aliphatic heterocycles. The Kier molecular flexibility index (Phi) is 10.8. The number of aromatic hydroxyl groups is 1. The topological polar surface area (TPSA) is 130 Å². The normalized spacial score (nSPS) is 11.2. The Hall–Kier alpha value is -3.79. The zero-order chi connectivity index (χ0) is 26.0. The predicted molar refractivity (Wildman–Crippen MR) is 145 cm³/mol. The number of furan rings is 1. The van der Waals surface area contributed by atoms with Gasteiger partial charge in [0, 0.05) is 23.7 Å². The molecule has 0 aliphatic carbocycles. The fraction of sp³-hybridized carbons (Fsp3) is 0.179. The van der Waals surface area contributed by atoms with E-state index in [1.165, 1.54) is 12.1 Å². The van der Waals surface area contributed by atoms with E-state index in [2.05, 4.69) is 16.0 Å². The van der Waals surface area contributed by atoms with Gasteiger partial charge in [0.2, 0.25) is 5.91 Å². The molecule has 0 spiro atoms. The van der Waals surface area contributed by atoms with E-state index < -0.39 is 23.9 Å². The number of carbonyl (C=O) groups is 3. The fourth-order valence-electron chi connectivity index (χ4n) is 3.68. The number of alkyl carbamates (subject to hydrolysis) is 1. The van der Waals surface area contributed by atoms with Crippen LogP contribution in [0.4, 0.5) is 10.5 Å². The standard InChI is InChI=1S/C28H27N3O6.Na.H/c32-22-12-6-11-21(17-22)30-26(33)23(31-27(34)25-16-20-10-4-5-14-24(20)37-25)13-7-15-29-28(35)36-18-19-8-2-1-3-9-19;;/h1-6,8-12,14,16-17,23,32H,7,13,15,18H2,(H,29,35)(H,30,33)(H,31,34);;/t23-;;/m0../s1. The van der Waals surface area contributed by atoms with Crippen molar-refractivity contribution in [2.75, 3.05) is 11.9 Å². The molecular formula is C28H28N3NaO6. The van der Waals surface area contributed by atoms with Crippen LogP contribution in [0.25, 0.3) is 11.0 Å². The van der Waals surface area contributed by atoms with Gasteiger partial charge in [-0.05, 0) is 42.7 Å². The molecule has 0 bridgehead atoms. The number of phenols is 1. The van der Waals surface area contributed by atoms with Gasteiger partial charge in [-0.15, -0.1) is 0 Å². The number of hydrogen-bond acceptors (Lipinski definition) is 6. The Morgan fingerprint density at radius 2 is 1.68 bits per heavy atom. The molecule has 9 nitrogen and oxygen atoms in total. The van der Waals surface area contributed by atoms with Crippen LogP contribution in [-0.2, 0) is 16.1 Å². The van der Waals surface area contributed by atoms with Gasteiger partial charge >= 0.3 is 35.7 Å². The van der Waals surface area contributed by atoms with Crippen molar-refractivity contribution in [1.82, 2.24) is 10.6 Å². The van der Waals surface area contributed by atoms with E-state index in [1.54, 1.807) is 30.3 Å². The molecule has 3 aromatic carbocycles. The Morgan fingerprint density at radius 3 is 2.45 bits per heavy atom. The van der Waals surface area contributed by atoms with Crippen molar-refractivity contribution < 1.29 is 28.6 Å². The Morgan fingerprint density at radius 1 is 0.921 bits per heavy atom. The number of anilines is 1. The number of phenolic OH excluding ortho intramolecular Hbond substituents is 1. The molecule has 1 aromatic heterocycles. The van der Waals surface area contributed by atoms with Crippen LogP contribution in [0, 0.1) is 0 Å². The van der Waals surface area contributed by atoms with Crippen LogP contribution >= 0.6 is 0 Å². The third-order valence-electron chi connectivity index (χ3n) is 5.54. The van der Waals surface area contributed by atoms with Gasteiger partial charge in [-0.25, -0.2) is 4.79 Å². The number of nitrogens with one attached hydrogen (secondary N) is 3. The first-order valence-corrected chi connectivity index (χ1v) is 11.8. The minimum absolute atomic E-state index is 0. The van der Waals surface area contributed by atoms with Crippen molar-refractivity contribution in [3.8, 4) is 5.75 Å². The van der Waals surface area contributed by atoms with Crippen molar-refractivity contribution >= 4 is 64.1 Å². The number of amides is 3. The Bertz CT molecular complexity index is 1340. The van der Waals surface area contributed by atoms with Crippen LogP contribution in [0.2, 0.25) is 0 Å². The van der Waals surface area contributed by atoms with Crippen LogP contribution < -0.4 is 16.0 Å². The zero-order valence-electron chi connectivity index (χ0n) is 20.0. The van der Waals surface area contributed by atoms with E-state index in [-0.39, 0.29) is 60.6 Å². The van der Waals surface area contributed by atoms with Crippen LogP contribution in [-0.4, -0.2) is 65.2 Å². The summed E-state index contributed by atoms with van der Waals surface area (Å²) in [7, 11) is 0. The number of carbonyl (C=O) groups excluding carboxylic acids is 3. The molecule has 192 valence electrons. The average molecular weight is 526 g/mol. The van der Waals surface area contributed by atoms with E-state index in [0.717, 1.165) is 10.9 Å². The van der Waals surface area contributed by atoms with Gasteiger partial charge < -0.3 is 30.2 Å². The Balaban J connectivity index is 0.00000400. The molecular weight excluding hydrogens is 497 g/mol. The summed E-state index contributed by atoms with van der Waals surface area (Å²) in [5.41, 5.74) is 1.82. The second-order valence-electron chi connectivity index (χ2n) is 8.34. The molecule has 1 heterocycles. The second-order valence-corrected chi connectivity index (χ2v) is 8.34. The number of fused-ring (bicyclic) bond motifs is 1. The van der Waals surface area contributed by atoms with Crippen LogP contribution in [0.15, 0.2) is 89.3 Å². The van der Waals surface area contributed by atoms with Gasteiger partial charge in [0.25, 0.3) is 5.91 Å². The molecule has 4 N–H and O–H groups in total. The van der Waals surface area contributed by atoms with Crippen LogP contribution in [0.3, 0.4) is 0 Å². The molecule has 4 aromatic rings. The molecule has 1 atom stereocenters. The molecule has 0 unspecified atom stereocenters. The van der Waals surface area contributed by atoms with E-state index >= 15 is 0 Å². The quantitative estimate of drug-likeness (QED) is 0.183. The maximum atomic E-state index is 13.0. The number of para-hydroxylation sites is 1. The number of hydrogen-bond donors (Lipinski definition) is 4. The van der Waals surface area contributed by atoms with E-state index in [9.17, 15) is 19.5 Å². The summed E-state index contributed by atoms with van der Waals surface area (Å²) in [6.45, 7) is 0.388. The van der Waals surface area contributed by atoms with Gasteiger partial charge in [-0.2, -0.15) is 0 Å². The van der Waals surface area contributed by atoms with E-state index in [1.807, 2.05) is 42.5 Å². The molecule has 0 fully saturated rings. The van der Waals surface area contributed by atoms with Gasteiger partial charge in [0.1, 0.15) is 24.0 Å². The van der Waals surface area contributed by atoms with E-state index in [4.69, 9.17) is 9.15 Å². The molecule has 38 heavy (non-hydrogen) atoms. The first-order chi connectivity index (χ1) is 18.0. The fourth-order valence-corrected chi connectivity index (χ4v) is 3.68. The van der Waals surface area contributed by atoms with E-state index in [0.29, 0.717) is 17.7 Å². The summed E-state index contributed by atoms with van der Waals surface area (Å²) < 4.78 is 10.8. The van der Waals surface area contributed by atoms with Gasteiger partial charge in [0.05, 0.1) is 0 Å². The third-order valence-corrected chi connectivity index (χ3v) is 5.54. The zero-order valence-corrected chi connectivity index (χ0v) is 20.0. The van der Waals surface area contributed by atoms with Crippen molar-refractivity contribution in [2.45, 2.75) is 25.5 Å². The summed E-state index contributed by atoms with van der Waals surface area (Å²) in [5, 5.41) is 18.5. The van der Waals surface area contributed by atoms with Gasteiger partial charge in [-0.1, -0.05) is 54.6 Å². The number of rotatable bonds is 10. The SMILES string of the molecule is O=C(NCCC[C@H](NC(=O)c1cc2ccccc2o1)C(=O)Nc1cccc(O)c1)OCc1ccccc1.[NaH]. The summed E-state index contributed by atoms with van der Waals surface area (Å²) in [6, 6.07) is 23.3. The van der Waals surface area contributed by atoms with Crippen LogP contribution in [0.1, 0.15) is 29.0 Å². The van der Waals surface area contributed by atoms with Crippen LogP contribution in [0.5, 0.6) is 5.75 Å². The monoisotopic (exact) mass is 525 g/mol. The molecule has 10 heteroatoms. The van der Waals surface area contributed by atoms with Crippen molar-refractivity contribution in [2.24, 2.45) is 0 Å². The minimum atomic E-state index is -0.926. The summed E-state index contributed by atoms with van der Waals surface area (Å²) in [6.07, 6.45) is 0.0464. The van der Waals surface area contributed by atoms with Gasteiger partial charge in [0.15, 0.2) is 5.76 Å². The Labute approximate surface area is 241 Å². The molecule has 0 aliphatic rings. The molecule has 0 saturated carbocycles. The first kappa shape index (κ1) is 28.8. The second kappa shape index (κ2) is 14.2. The van der Waals surface area contributed by atoms with Crippen molar-refractivity contribution in [3.05, 3.63) is 96.3 Å². The van der Waals surface area contributed by atoms with Gasteiger partial charge in [-0.3, -0.25) is 9.59 Å². The maximum absolute atomic E-state index is 13.0. The summed E-state index contributed by atoms with van der Waals surface area (Å²) in [5.74, 6) is -0.929. The molecule has 0 saturated heterocycles. The third kappa shape index (κ3) is 8.37.